The number of nitrogens with zero attached hydrogens (tertiary/aromatic N) is 1. The number of aromatic nitrogens is 1. The summed E-state index contributed by atoms with van der Waals surface area (Å²) in [6, 6.07) is 14.8. The van der Waals surface area contributed by atoms with Crippen LogP contribution < -0.4 is 10.9 Å². The van der Waals surface area contributed by atoms with Gasteiger partial charge >= 0.3 is 0 Å². The average Bonchev–Trinajstić information content (AvgIpc) is 3.25. The quantitative estimate of drug-likeness (QED) is 0.477. The molecule has 2 amide bonds. The largest absolute Gasteiger partial charge is 0.323 e. The van der Waals surface area contributed by atoms with Crippen molar-refractivity contribution in [2.45, 2.75) is 11.3 Å². The first-order valence-corrected chi connectivity index (χ1v) is 10.3. The number of hydrogen-bond acceptors (Lipinski definition) is 4. The van der Waals surface area contributed by atoms with Crippen LogP contribution in [0.5, 0.6) is 0 Å². The maximum absolute atomic E-state index is 12.9. The first-order valence-electron chi connectivity index (χ1n) is 8.67. The van der Waals surface area contributed by atoms with Crippen molar-refractivity contribution in [1.29, 1.82) is 0 Å². The van der Waals surface area contributed by atoms with Crippen molar-refractivity contribution in [3.63, 3.8) is 0 Å². The zero-order valence-electron chi connectivity index (χ0n) is 15.2. The summed E-state index contributed by atoms with van der Waals surface area (Å²) in [6.07, 6.45) is 3.20. The van der Waals surface area contributed by atoms with Crippen molar-refractivity contribution in [2.24, 2.45) is 0 Å². The summed E-state index contributed by atoms with van der Waals surface area (Å²) in [5.74, 6) is -2.23. The van der Waals surface area contributed by atoms with Crippen LogP contribution in [-0.4, -0.2) is 30.6 Å². The minimum Gasteiger partial charge on any atom is -0.323 e. The number of nitrogens with one attached hydrogen (secondary N) is 2. The highest BCUT2D eigenvalue weighted by Crippen LogP contribution is 2.15. The molecule has 0 spiro atoms. The number of rotatable bonds is 6. The van der Waals surface area contributed by atoms with Gasteiger partial charge in [-0.1, -0.05) is 12.1 Å². The van der Waals surface area contributed by atoms with E-state index in [9.17, 15) is 22.4 Å². The number of amides is 2. The molecule has 0 bridgehead atoms. The standard InChI is InChI=1S/C20H18FN3O4S/c21-15-7-9-16(10-8-15)29(27,28)14-11-19(25)22-23-20(26)17-5-1-2-6-18(17)24-12-3-4-13-24/h1-10,12-13H,11,14H2,(H,22,25)(H,23,26). The lowest BCUT2D eigenvalue weighted by atomic mass is 10.1. The monoisotopic (exact) mass is 415 g/mol. The third kappa shape index (κ3) is 5.08. The molecular formula is C20H18FN3O4S. The number of carbonyl (C=O) groups is 2. The Kier molecular flexibility index (Phi) is 6.08. The highest BCUT2D eigenvalue weighted by Gasteiger charge is 2.17. The molecule has 0 unspecified atom stereocenters. The molecule has 2 N–H and O–H groups in total. The summed E-state index contributed by atoms with van der Waals surface area (Å²) in [7, 11) is -3.74. The predicted octanol–water partition coefficient (Wildman–Crippen LogP) is 2.24. The number of carbonyl (C=O) groups excluding carboxylic acids is 2. The highest BCUT2D eigenvalue weighted by atomic mass is 32.2. The fourth-order valence-corrected chi connectivity index (χ4v) is 3.87. The molecule has 3 rings (SSSR count). The molecule has 3 aromatic rings. The Balaban J connectivity index is 1.57. The molecule has 0 aliphatic rings. The lowest BCUT2D eigenvalue weighted by molar-refractivity contribution is -0.121. The minimum absolute atomic E-state index is 0.0728. The van der Waals surface area contributed by atoms with Crippen LogP contribution in [0.1, 0.15) is 16.8 Å². The maximum atomic E-state index is 12.9. The first-order chi connectivity index (χ1) is 13.9. The summed E-state index contributed by atoms with van der Waals surface area (Å²) >= 11 is 0. The van der Waals surface area contributed by atoms with Gasteiger partial charge in [-0.05, 0) is 48.5 Å². The molecule has 0 saturated carbocycles. The molecule has 0 aliphatic carbocycles. The predicted molar refractivity (Wildman–Crippen MR) is 104 cm³/mol. The zero-order chi connectivity index (χ0) is 20.9. The van der Waals surface area contributed by atoms with Gasteiger partial charge in [-0.25, -0.2) is 12.8 Å². The summed E-state index contributed by atoms with van der Waals surface area (Å²) in [5.41, 5.74) is 5.47. The molecule has 29 heavy (non-hydrogen) atoms. The SMILES string of the molecule is O=C(CCS(=O)(=O)c1ccc(F)cc1)NNC(=O)c1ccccc1-n1cccc1. The van der Waals surface area contributed by atoms with E-state index in [-0.39, 0.29) is 11.3 Å². The van der Waals surface area contributed by atoms with Gasteiger partial charge in [-0.3, -0.25) is 20.4 Å². The Hall–Kier alpha value is -3.46. The molecule has 1 aromatic heterocycles. The van der Waals surface area contributed by atoms with Crippen LogP contribution >= 0.6 is 0 Å². The van der Waals surface area contributed by atoms with E-state index in [2.05, 4.69) is 10.9 Å². The maximum Gasteiger partial charge on any atom is 0.271 e. The number of sulfone groups is 1. The van der Waals surface area contributed by atoms with Crippen LogP contribution in [0.4, 0.5) is 4.39 Å². The molecule has 7 nitrogen and oxygen atoms in total. The molecule has 9 heteroatoms. The van der Waals surface area contributed by atoms with E-state index in [0.29, 0.717) is 11.3 Å². The van der Waals surface area contributed by atoms with Crippen molar-refractivity contribution < 1.29 is 22.4 Å². The molecule has 1 heterocycles. The van der Waals surface area contributed by atoms with Crippen molar-refractivity contribution in [3.8, 4) is 5.69 Å². The summed E-state index contributed by atoms with van der Waals surface area (Å²) in [6.45, 7) is 0. The van der Waals surface area contributed by atoms with E-state index in [1.165, 1.54) is 0 Å². The number of halogens is 1. The third-order valence-electron chi connectivity index (χ3n) is 4.12. The second-order valence-electron chi connectivity index (χ2n) is 6.13. The van der Waals surface area contributed by atoms with Crippen LogP contribution in [0.3, 0.4) is 0 Å². The summed E-state index contributed by atoms with van der Waals surface area (Å²) < 4.78 is 39.1. The fraction of sp³-hybridized carbons (Fsp3) is 0.100. The van der Waals surface area contributed by atoms with Crippen molar-refractivity contribution in [3.05, 3.63) is 84.4 Å². The van der Waals surface area contributed by atoms with Crippen LogP contribution in [-0.2, 0) is 14.6 Å². The molecule has 0 aliphatic heterocycles. The van der Waals surface area contributed by atoms with E-state index >= 15 is 0 Å². The van der Waals surface area contributed by atoms with Crippen molar-refractivity contribution in [2.75, 3.05) is 5.75 Å². The van der Waals surface area contributed by atoms with Crippen LogP contribution in [0, 0.1) is 5.82 Å². The van der Waals surface area contributed by atoms with E-state index < -0.39 is 33.2 Å². The molecular weight excluding hydrogens is 397 g/mol. The fourth-order valence-electron chi connectivity index (χ4n) is 2.63. The number of hydrogen-bond donors (Lipinski definition) is 2. The Morgan fingerprint density at radius 2 is 1.55 bits per heavy atom. The Morgan fingerprint density at radius 3 is 2.24 bits per heavy atom. The van der Waals surface area contributed by atoms with Gasteiger partial charge in [-0.15, -0.1) is 0 Å². The van der Waals surface area contributed by atoms with Crippen molar-refractivity contribution >= 4 is 21.7 Å². The lowest BCUT2D eigenvalue weighted by Crippen LogP contribution is -2.42. The van der Waals surface area contributed by atoms with E-state index in [0.717, 1.165) is 24.3 Å². The third-order valence-corrected chi connectivity index (χ3v) is 5.85. The molecule has 2 aromatic carbocycles. The highest BCUT2D eigenvalue weighted by molar-refractivity contribution is 7.91. The van der Waals surface area contributed by atoms with Gasteiger partial charge in [0.15, 0.2) is 9.84 Å². The lowest BCUT2D eigenvalue weighted by Gasteiger charge is -2.12. The van der Waals surface area contributed by atoms with E-state index in [1.807, 2.05) is 12.1 Å². The molecule has 0 radical (unpaired) electrons. The number of hydrazine groups is 1. The van der Waals surface area contributed by atoms with Gasteiger partial charge in [-0.2, -0.15) is 0 Å². The normalized spacial score (nSPS) is 11.1. The van der Waals surface area contributed by atoms with Gasteiger partial charge < -0.3 is 4.57 Å². The zero-order valence-corrected chi connectivity index (χ0v) is 16.0. The van der Waals surface area contributed by atoms with Crippen LogP contribution in [0.25, 0.3) is 5.69 Å². The minimum atomic E-state index is -3.74. The Morgan fingerprint density at radius 1 is 0.897 bits per heavy atom. The van der Waals surface area contributed by atoms with Crippen LogP contribution in [0.2, 0.25) is 0 Å². The second-order valence-corrected chi connectivity index (χ2v) is 8.24. The smallest absolute Gasteiger partial charge is 0.271 e. The first kappa shape index (κ1) is 20.3. The number of para-hydroxylation sites is 1. The van der Waals surface area contributed by atoms with E-state index in [1.54, 1.807) is 41.2 Å². The number of benzene rings is 2. The molecule has 0 atom stereocenters. The van der Waals surface area contributed by atoms with Gasteiger partial charge in [0.25, 0.3) is 5.91 Å². The van der Waals surface area contributed by atoms with Gasteiger partial charge in [0.05, 0.1) is 21.9 Å². The average molecular weight is 415 g/mol. The van der Waals surface area contributed by atoms with Gasteiger partial charge in [0.2, 0.25) is 5.91 Å². The molecule has 0 saturated heterocycles. The molecule has 150 valence electrons. The molecule has 0 fully saturated rings. The van der Waals surface area contributed by atoms with Crippen LogP contribution in [0.15, 0.2) is 78.0 Å². The summed E-state index contributed by atoms with van der Waals surface area (Å²) in [4.78, 5) is 24.3. The van der Waals surface area contributed by atoms with Gasteiger partial charge in [0, 0.05) is 18.8 Å². The van der Waals surface area contributed by atoms with Crippen molar-refractivity contribution in [1.82, 2.24) is 15.4 Å². The topological polar surface area (TPSA) is 97.3 Å². The summed E-state index contributed by atoms with van der Waals surface area (Å²) in [5, 5.41) is 0. The van der Waals surface area contributed by atoms with Gasteiger partial charge in [0.1, 0.15) is 5.82 Å². The Labute approximate surface area is 167 Å². The Bertz CT molecular complexity index is 1110. The van der Waals surface area contributed by atoms with E-state index in [4.69, 9.17) is 0 Å². The second kappa shape index (κ2) is 8.70.